The van der Waals surface area contributed by atoms with Crippen molar-refractivity contribution < 1.29 is 0 Å². The topological polar surface area (TPSA) is 3.24 Å². The predicted octanol–water partition coefficient (Wildman–Crippen LogP) is 18.8. The smallest absolute Gasteiger partial charge is 0.0714 e. The van der Waals surface area contributed by atoms with Gasteiger partial charge in [0, 0.05) is 16.6 Å². The number of fused-ring (bicyclic) bond motifs is 9. The monoisotopic (exact) mass is 937 g/mol. The van der Waals surface area contributed by atoms with E-state index in [0.29, 0.717) is 0 Å². The first-order valence-corrected chi connectivity index (χ1v) is 26.0. The lowest BCUT2D eigenvalue weighted by Gasteiger charge is -2.36. The molecule has 73 heavy (non-hydrogen) atoms. The summed E-state index contributed by atoms with van der Waals surface area (Å²) in [4.78, 5) is 2.61. The second-order valence-electron chi connectivity index (χ2n) is 22.4. The second-order valence-corrected chi connectivity index (χ2v) is 22.4. The molecular formula is C72H59N. The first-order valence-electron chi connectivity index (χ1n) is 26.0. The lowest BCUT2D eigenvalue weighted by atomic mass is 9.67. The number of nitrogens with zero attached hydrogens (tertiary/aromatic N) is 1. The Labute approximate surface area is 431 Å². The van der Waals surface area contributed by atoms with Crippen LogP contribution in [-0.4, -0.2) is 0 Å². The third-order valence-electron chi connectivity index (χ3n) is 16.3. The molecule has 0 aliphatic heterocycles. The fourth-order valence-corrected chi connectivity index (χ4v) is 12.9. The quantitative estimate of drug-likeness (QED) is 0.144. The van der Waals surface area contributed by atoms with E-state index in [1.807, 2.05) is 0 Å². The van der Waals surface area contributed by atoms with Gasteiger partial charge in [0.1, 0.15) is 0 Å². The molecule has 0 radical (unpaired) electrons. The Morgan fingerprint density at radius 2 is 0.753 bits per heavy atom. The summed E-state index contributed by atoms with van der Waals surface area (Å²) in [6.45, 7) is 13.8. The van der Waals surface area contributed by atoms with Crippen LogP contribution >= 0.6 is 0 Å². The molecule has 0 N–H and O–H groups in total. The molecule has 0 spiro atoms. The van der Waals surface area contributed by atoms with Gasteiger partial charge in [-0.1, -0.05) is 266 Å². The first-order chi connectivity index (χ1) is 35.5. The highest BCUT2D eigenvalue weighted by Gasteiger charge is 2.49. The van der Waals surface area contributed by atoms with E-state index in [-0.39, 0.29) is 10.8 Å². The SMILES string of the molecule is CC(C)(C)c1ccc(C2(c3ccccc3)c3ccccc3-c3ccc(N(c4cccc5c4-c4ccccc4C5(c4ccccc4)c4ccc(C(C)(C)C)cc4)c4cc5ccccc5c5ccccc45)cc32)cc1. The summed E-state index contributed by atoms with van der Waals surface area (Å²) in [7, 11) is 0. The van der Waals surface area contributed by atoms with Crippen molar-refractivity contribution in [2.24, 2.45) is 0 Å². The van der Waals surface area contributed by atoms with E-state index >= 15 is 0 Å². The number of hydrogen-bond acceptors (Lipinski definition) is 1. The van der Waals surface area contributed by atoms with Crippen LogP contribution < -0.4 is 4.90 Å². The van der Waals surface area contributed by atoms with Crippen molar-refractivity contribution in [2.75, 3.05) is 4.90 Å². The maximum Gasteiger partial charge on any atom is 0.0714 e. The van der Waals surface area contributed by atoms with Crippen molar-refractivity contribution in [1.29, 1.82) is 0 Å². The van der Waals surface area contributed by atoms with Gasteiger partial charge in [-0.25, -0.2) is 0 Å². The highest BCUT2D eigenvalue weighted by atomic mass is 15.1. The molecule has 11 aromatic carbocycles. The van der Waals surface area contributed by atoms with E-state index < -0.39 is 10.8 Å². The zero-order valence-corrected chi connectivity index (χ0v) is 42.6. The Kier molecular flexibility index (Phi) is 10.2. The predicted molar refractivity (Wildman–Crippen MR) is 308 cm³/mol. The van der Waals surface area contributed by atoms with Crippen molar-refractivity contribution in [2.45, 2.75) is 63.2 Å². The molecule has 0 bridgehead atoms. The number of benzene rings is 11. The van der Waals surface area contributed by atoms with Crippen molar-refractivity contribution in [3.8, 4) is 22.3 Å². The largest absolute Gasteiger partial charge is 0.309 e. The minimum Gasteiger partial charge on any atom is -0.309 e. The molecule has 2 aliphatic carbocycles. The maximum absolute atomic E-state index is 2.61. The molecule has 352 valence electrons. The van der Waals surface area contributed by atoms with Crippen molar-refractivity contribution >= 4 is 38.6 Å². The van der Waals surface area contributed by atoms with Crippen LogP contribution in [-0.2, 0) is 21.7 Å². The van der Waals surface area contributed by atoms with E-state index in [0.717, 1.165) is 17.1 Å². The van der Waals surface area contributed by atoms with Gasteiger partial charge in [0.05, 0.1) is 22.2 Å². The molecule has 0 saturated heterocycles. The van der Waals surface area contributed by atoms with E-state index in [1.54, 1.807) is 0 Å². The third-order valence-corrected chi connectivity index (χ3v) is 16.3. The molecular weight excluding hydrogens is 879 g/mol. The summed E-state index contributed by atoms with van der Waals surface area (Å²) >= 11 is 0. The highest BCUT2D eigenvalue weighted by Crippen LogP contribution is 2.62. The van der Waals surface area contributed by atoms with Crippen molar-refractivity contribution in [3.05, 3.63) is 304 Å². The van der Waals surface area contributed by atoms with Gasteiger partial charge in [-0.3, -0.25) is 0 Å². The van der Waals surface area contributed by atoms with Crippen LogP contribution in [0.5, 0.6) is 0 Å². The van der Waals surface area contributed by atoms with Crippen LogP contribution in [0.2, 0.25) is 0 Å². The minimum atomic E-state index is -0.594. The average molecular weight is 938 g/mol. The van der Waals surface area contributed by atoms with Gasteiger partial charge < -0.3 is 4.90 Å². The molecule has 2 atom stereocenters. The Morgan fingerprint density at radius 1 is 0.301 bits per heavy atom. The van der Waals surface area contributed by atoms with Gasteiger partial charge in [0.25, 0.3) is 0 Å². The van der Waals surface area contributed by atoms with E-state index in [2.05, 4.69) is 295 Å². The molecule has 0 saturated carbocycles. The second kappa shape index (κ2) is 16.7. The van der Waals surface area contributed by atoms with Crippen LogP contribution in [0.1, 0.15) is 97.2 Å². The Morgan fingerprint density at radius 3 is 1.36 bits per heavy atom. The zero-order chi connectivity index (χ0) is 49.7. The standard InChI is InChI=1S/C72H59N/c1-69(2,3)49-36-40-53(41-37-49)71(51-23-9-7-10-24-51)63-33-20-18-31-61(63)68-64(71)34-21-35-66(68)73(67-46-48-22-13-14-27-56(48)57-28-15-16-30-60(57)67)55-44-45-59-58-29-17-19-32-62(58)72(65(59)47-55,52-25-11-8-12-26-52)54-42-38-50(39-43-54)70(4,5)6/h7-47H,1-6H3. The van der Waals surface area contributed by atoms with E-state index in [4.69, 9.17) is 0 Å². The lowest BCUT2D eigenvalue weighted by Crippen LogP contribution is -2.29. The molecule has 0 aromatic heterocycles. The molecule has 1 nitrogen and oxygen atoms in total. The van der Waals surface area contributed by atoms with E-state index in [9.17, 15) is 0 Å². The summed E-state index contributed by atoms with van der Waals surface area (Å²) in [6, 6.07) is 94.6. The van der Waals surface area contributed by atoms with Gasteiger partial charge in [0.2, 0.25) is 0 Å². The fraction of sp³-hybridized carbons (Fsp3) is 0.139. The van der Waals surface area contributed by atoms with Crippen LogP contribution in [0.15, 0.2) is 249 Å². The normalized spacial score (nSPS) is 16.7. The van der Waals surface area contributed by atoms with Crippen LogP contribution in [0.25, 0.3) is 43.8 Å². The molecule has 0 amide bonds. The molecule has 11 aromatic rings. The molecule has 13 rings (SSSR count). The van der Waals surface area contributed by atoms with Gasteiger partial charge in [-0.05, 0) is 124 Å². The number of anilines is 3. The Hall–Kier alpha value is -8.26. The molecule has 0 heterocycles. The molecule has 0 fully saturated rings. The maximum atomic E-state index is 2.61. The average Bonchev–Trinajstić information content (AvgIpc) is 3.90. The van der Waals surface area contributed by atoms with Crippen LogP contribution in [0.3, 0.4) is 0 Å². The van der Waals surface area contributed by atoms with Crippen LogP contribution in [0, 0.1) is 0 Å². The Bertz CT molecular complexity index is 3910. The summed E-state index contributed by atoms with van der Waals surface area (Å²) in [5, 5.41) is 4.89. The highest BCUT2D eigenvalue weighted by molar-refractivity contribution is 6.15. The van der Waals surface area contributed by atoms with Crippen molar-refractivity contribution in [3.63, 3.8) is 0 Å². The van der Waals surface area contributed by atoms with E-state index in [1.165, 1.54) is 99.4 Å². The summed E-state index contributed by atoms with van der Waals surface area (Å²) in [6.07, 6.45) is 0. The number of hydrogen-bond donors (Lipinski definition) is 0. The molecule has 2 aliphatic rings. The van der Waals surface area contributed by atoms with Gasteiger partial charge in [-0.15, -0.1) is 0 Å². The minimum absolute atomic E-state index is 0.0166. The Balaban J connectivity index is 1.14. The lowest BCUT2D eigenvalue weighted by molar-refractivity contribution is 0.589. The molecule has 1 heteroatoms. The first kappa shape index (κ1) is 44.7. The number of rotatable bonds is 7. The summed E-state index contributed by atoms with van der Waals surface area (Å²) in [5.41, 5.74) is 20.1. The van der Waals surface area contributed by atoms with Gasteiger partial charge in [0.15, 0.2) is 0 Å². The molecule has 2 unspecified atom stereocenters. The third kappa shape index (κ3) is 6.68. The van der Waals surface area contributed by atoms with Crippen LogP contribution in [0.4, 0.5) is 17.1 Å². The zero-order valence-electron chi connectivity index (χ0n) is 42.6. The fourth-order valence-electron chi connectivity index (χ4n) is 12.9. The van der Waals surface area contributed by atoms with Gasteiger partial charge >= 0.3 is 0 Å². The van der Waals surface area contributed by atoms with Gasteiger partial charge in [-0.2, -0.15) is 0 Å². The summed E-state index contributed by atoms with van der Waals surface area (Å²) < 4.78 is 0. The van der Waals surface area contributed by atoms with Crippen molar-refractivity contribution in [1.82, 2.24) is 0 Å². The summed E-state index contributed by atoms with van der Waals surface area (Å²) in [5.74, 6) is 0.